The predicted molar refractivity (Wildman–Crippen MR) is 142 cm³/mol. The molecule has 10 heteroatoms. The number of amides is 2. The number of ether oxygens (including phenoxy) is 1. The summed E-state index contributed by atoms with van der Waals surface area (Å²) in [5, 5.41) is 11.8. The van der Waals surface area contributed by atoms with Crippen molar-refractivity contribution in [2.75, 3.05) is 11.5 Å². The Morgan fingerprint density at radius 2 is 1.81 bits per heavy atom. The van der Waals surface area contributed by atoms with E-state index in [0.717, 1.165) is 21.9 Å². The number of aromatic nitrogens is 1. The summed E-state index contributed by atoms with van der Waals surface area (Å²) < 4.78 is 5.67. The van der Waals surface area contributed by atoms with Gasteiger partial charge in [-0.15, -0.1) is 11.8 Å². The first kappa shape index (κ1) is 23.4. The molecule has 3 heterocycles. The molecule has 6 unspecified atom stereocenters. The van der Waals surface area contributed by atoms with Crippen LogP contribution < -0.4 is 14.5 Å². The number of thiazole rings is 1. The number of aromatic hydroxyl groups is 1. The molecule has 3 aromatic rings. The summed E-state index contributed by atoms with van der Waals surface area (Å²) in [7, 11) is 0. The second-order valence-electron chi connectivity index (χ2n) is 10.1. The zero-order valence-electron chi connectivity index (χ0n) is 19.7. The molecule has 7 rings (SSSR count). The van der Waals surface area contributed by atoms with Crippen molar-refractivity contribution in [2.45, 2.75) is 29.5 Å². The van der Waals surface area contributed by atoms with Gasteiger partial charge in [0.05, 0.1) is 29.2 Å². The van der Waals surface area contributed by atoms with Gasteiger partial charge in [-0.25, -0.2) is 0 Å². The van der Waals surface area contributed by atoms with Gasteiger partial charge in [-0.2, -0.15) is 0 Å². The summed E-state index contributed by atoms with van der Waals surface area (Å²) in [6.07, 6.45) is 0.815. The number of phenols is 1. The Bertz CT molecular complexity index is 1500. The molecule has 4 aliphatic rings. The van der Waals surface area contributed by atoms with Crippen molar-refractivity contribution in [3.8, 4) is 11.5 Å². The van der Waals surface area contributed by atoms with Gasteiger partial charge < -0.3 is 14.8 Å². The monoisotopic (exact) mass is 554 g/mol. The number of nitrogens with one attached hydrogen (secondary N) is 1. The molecule has 7 atom stereocenters. The Labute approximate surface area is 225 Å². The Morgan fingerprint density at radius 3 is 2.54 bits per heavy atom. The first-order valence-corrected chi connectivity index (χ1v) is 14.4. The zero-order valence-corrected chi connectivity index (χ0v) is 22.1. The Morgan fingerprint density at radius 1 is 1.08 bits per heavy atom. The topological polar surface area (TPSA) is 99.7 Å². The lowest BCUT2D eigenvalue weighted by Gasteiger charge is -2.43. The van der Waals surface area contributed by atoms with Crippen molar-refractivity contribution in [1.29, 1.82) is 0 Å². The lowest BCUT2D eigenvalue weighted by molar-refractivity contribution is -0.123. The van der Waals surface area contributed by atoms with Crippen LogP contribution in [0, 0.1) is 29.6 Å². The number of imide groups is 1. The maximum Gasteiger partial charge on any atom is 0.305 e. The minimum Gasteiger partial charge on any atom is -0.504 e. The van der Waals surface area contributed by atoms with Gasteiger partial charge in [-0.05, 0) is 73.1 Å². The second-order valence-corrected chi connectivity index (χ2v) is 12.7. The van der Waals surface area contributed by atoms with Crippen LogP contribution in [0.4, 0.5) is 5.69 Å². The lowest BCUT2D eigenvalue weighted by atomic mass is 9.68. The molecule has 2 aliphatic heterocycles. The van der Waals surface area contributed by atoms with Gasteiger partial charge in [0.15, 0.2) is 11.5 Å². The summed E-state index contributed by atoms with van der Waals surface area (Å²) in [6, 6.07) is 12.2. The van der Waals surface area contributed by atoms with E-state index in [0.29, 0.717) is 23.1 Å². The Hall–Kier alpha value is -2.75. The SMILES string of the molecule is CCOc1cc([C@H]2c3sc(=O)[nH]c3SC3C4CC(C5C(=O)N(c6ccc(Cl)cc6)C(=O)C45)C32)ccc1O. The molecule has 190 valence electrons. The highest BCUT2D eigenvalue weighted by Crippen LogP contribution is 2.68. The zero-order chi connectivity index (χ0) is 25.6. The van der Waals surface area contributed by atoms with E-state index < -0.39 is 0 Å². The minimum absolute atomic E-state index is 0.0148. The number of carbonyl (C=O) groups excluding carboxylic acids is 2. The van der Waals surface area contributed by atoms with Crippen molar-refractivity contribution in [2.24, 2.45) is 29.6 Å². The maximum absolute atomic E-state index is 13.8. The molecule has 2 aliphatic carbocycles. The summed E-state index contributed by atoms with van der Waals surface area (Å²) >= 11 is 8.91. The van der Waals surface area contributed by atoms with Crippen LogP contribution in [-0.4, -0.2) is 33.8 Å². The van der Waals surface area contributed by atoms with Crippen LogP contribution in [-0.2, 0) is 9.59 Å². The van der Waals surface area contributed by atoms with E-state index in [1.807, 2.05) is 19.1 Å². The molecular formula is C27H23ClN2O5S2. The van der Waals surface area contributed by atoms with Crippen LogP contribution >= 0.6 is 34.7 Å². The van der Waals surface area contributed by atoms with Crippen molar-refractivity contribution in [1.82, 2.24) is 4.98 Å². The number of fused-ring (bicyclic) bond motifs is 9. The first-order chi connectivity index (χ1) is 17.9. The van der Waals surface area contributed by atoms with Gasteiger partial charge in [0.25, 0.3) is 0 Å². The summed E-state index contributed by atoms with van der Waals surface area (Å²) in [5.74, 6) is -0.522. The molecule has 0 radical (unpaired) electrons. The maximum atomic E-state index is 13.8. The number of aromatic amines is 1. The van der Waals surface area contributed by atoms with E-state index in [2.05, 4.69) is 4.98 Å². The van der Waals surface area contributed by atoms with Crippen LogP contribution in [0.25, 0.3) is 0 Å². The lowest BCUT2D eigenvalue weighted by Crippen LogP contribution is -2.42. The van der Waals surface area contributed by atoms with Crippen molar-refractivity contribution < 1.29 is 19.4 Å². The van der Waals surface area contributed by atoms with Gasteiger partial charge in [-0.3, -0.25) is 19.3 Å². The molecule has 2 N–H and O–H groups in total. The summed E-state index contributed by atoms with van der Waals surface area (Å²) in [5.41, 5.74) is 1.51. The number of halogens is 1. The van der Waals surface area contributed by atoms with Gasteiger partial charge >= 0.3 is 4.87 Å². The van der Waals surface area contributed by atoms with Crippen molar-refractivity contribution in [3.05, 3.63) is 67.6 Å². The number of carbonyl (C=O) groups is 2. The molecule has 2 aromatic carbocycles. The van der Waals surface area contributed by atoms with Crippen molar-refractivity contribution >= 4 is 52.2 Å². The average molecular weight is 555 g/mol. The third-order valence-corrected chi connectivity index (χ3v) is 11.3. The highest BCUT2D eigenvalue weighted by Gasteiger charge is 2.69. The van der Waals surface area contributed by atoms with Crippen LogP contribution in [0.3, 0.4) is 0 Å². The van der Waals surface area contributed by atoms with Gasteiger partial charge in [0.2, 0.25) is 11.8 Å². The molecule has 2 amide bonds. The van der Waals surface area contributed by atoms with E-state index in [1.165, 1.54) is 16.2 Å². The molecule has 2 saturated carbocycles. The first-order valence-electron chi connectivity index (χ1n) is 12.4. The van der Waals surface area contributed by atoms with Crippen molar-refractivity contribution in [3.63, 3.8) is 0 Å². The van der Waals surface area contributed by atoms with Crippen LogP contribution in [0.1, 0.15) is 29.7 Å². The number of thioether (sulfide) groups is 1. The number of hydrogen-bond donors (Lipinski definition) is 2. The van der Waals surface area contributed by atoms with E-state index in [9.17, 15) is 19.5 Å². The number of benzene rings is 2. The molecule has 1 aromatic heterocycles. The molecule has 2 bridgehead atoms. The molecular weight excluding hydrogens is 532 g/mol. The summed E-state index contributed by atoms with van der Waals surface area (Å²) in [4.78, 5) is 45.1. The van der Waals surface area contributed by atoms with E-state index in [4.69, 9.17) is 16.3 Å². The predicted octanol–water partition coefficient (Wildman–Crippen LogP) is 4.87. The Balaban J connectivity index is 1.32. The normalized spacial score (nSPS) is 31.4. The number of H-pyrrole nitrogens is 1. The smallest absolute Gasteiger partial charge is 0.305 e. The molecule has 37 heavy (non-hydrogen) atoms. The quantitative estimate of drug-likeness (QED) is 0.446. The molecule has 7 nitrogen and oxygen atoms in total. The molecule has 0 spiro atoms. The highest BCUT2D eigenvalue weighted by atomic mass is 35.5. The minimum atomic E-state index is -0.377. The third-order valence-electron chi connectivity index (χ3n) is 8.45. The highest BCUT2D eigenvalue weighted by molar-refractivity contribution is 8.00. The van der Waals surface area contributed by atoms with Gasteiger partial charge in [0, 0.05) is 21.1 Å². The van der Waals surface area contributed by atoms with Crippen LogP contribution in [0.5, 0.6) is 11.5 Å². The summed E-state index contributed by atoms with van der Waals surface area (Å²) in [6.45, 7) is 2.28. The van der Waals surface area contributed by atoms with E-state index in [-0.39, 0.29) is 63.2 Å². The van der Waals surface area contributed by atoms with Crippen LogP contribution in [0.15, 0.2) is 52.3 Å². The number of rotatable bonds is 4. The number of phenolic OH excluding ortho intramolecular Hbond substituents is 1. The van der Waals surface area contributed by atoms with Gasteiger partial charge in [0.1, 0.15) is 0 Å². The third kappa shape index (κ3) is 3.30. The average Bonchev–Trinajstić information content (AvgIpc) is 3.60. The standard InChI is InChI=1S/C27H23ClN2O5S2/c1-2-35-17-9-11(3-8-16(17)31)18-19-14-10-15(22(19)36-24-23(18)37-27(34)29-24)21-20(14)25(32)30(26(21)33)13-6-4-12(28)5-7-13/h3-9,14-15,18-22,31H,2,10H2,1H3,(H,29,34)/t14?,15?,18-,19?,20?,21?,22?/m1/s1. The number of hydrogen-bond acceptors (Lipinski definition) is 7. The van der Waals surface area contributed by atoms with E-state index in [1.54, 1.807) is 42.1 Å². The second kappa shape index (κ2) is 8.38. The van der Waals surface area contributed by atoms with Crippen LogP contribution in [0.2, 0.25) is 5.02 Å². The van der Waals surface area contributed by atoms with Gasteiger partial charge in [-0.1, -0.05) is 29.0 Å². The fourth-order valence-corrected chi connectivity index (χ4v) is 10.2. The number of nitrogens with zero attached hydrogens (tertiary/aromatic N) is 1. The molecule has 1 saturated heterocycles. The fraction of sp³-hybridized carbons (Fsp3) is 0.370. The largest absolute Gasteiger partial charge is 0.504 e. The molecule has 3 fully saturated rings. The Kier molecular flexibility index (Phi) is 5.29. The number of anilines is 1. The van der Waals surface area contributed by atoms with E-state index >= 15 is 0 Å². The fourth-order valence-electron chi connectivity index (χ4n) is 7.23.